The Morgan fingerprint density at radius 3 is 2.47 bits per heavy atom. The Hall–Kier alpha value is -1.78. The van der Waals surface area contributed by atoms with Crippen molar-refractivity contribution in [2.24, 2.45) is 5.92 Å². The minimum absolute atomic E-state index is 0.137. The molecule has 0 aliphatic carbocycles. The van der Waals surface area contributed by atoms with Crippen LogP contribution < -0.4 is 5.32 Å². The first kappa shape index (κ1) is 13.3. The first-order valence-electron chi connectivity index (χ1n) is 5.50. The normalized spacial score (nSPS) is 12.5. The monoisotopic (exact) mass is 239 g/mol. The van der Waals surface area contributed by atoms with Gasteiger partial charge >= 0.3 is 5.97 Å². The van der Waals surface area contributed by atoms with Gasteiger partial charge in [-0.05, 0) is 31.4 Å². The third kappa shape index (κ3) is 3.94. The molecule has 1 rings (SSSR count). The van der Waals surface area contributed by atoms with Gasteiger partial charge in [-0.15, -0.1) is 0 Å². The fourth-order valence-electron chi connectivity index (χ4n) is 1.48. The molecule has 0 aliphatic rings. The quantitative estimate of drug-likeness (QED) is 0.821. The van der Waals surface area contributed by atoms with Crippen molar-refractivity contribution in [2.45, 2.75) is 33.2 Å². The van der Waals surface area contributed by atoms with Crippen molar-refractivity contribution in [1.29, 1.82) is 0 Å². The summed E-state index contributed by atoms with van der Waals surface area (Å²) in [5.74, 6) is -0.584. The lowest BCUT2D eigenvalue weighted by molar-refractivity contribution is -0.139. The van der Waals surface area contributed by atoms with Crippen LogP contribution in [0.3, 0.4) is 0 Å². The molecule has 0 spiro atoms. The van der Waals surface area contributed by atoms with Crippen molar-refractivity contribution < 1.29 is 19.1 Å². The number of aliphatic carboxylic acids is 1. The van der Waals surface area contributed by atoms with E-state index in [0.717, 1.165) is 0 Å². The lowest BCUT2D eigenvalue weighted by Gasteiger charge is -2.15. The standard InChI is InChI=1S/C12H17NO4/c1-7(2)6-9(12(15)16)13-11(14)10-5-4-8(3)17-10/h4-5,7,9H,6H2,1-3H3,(H,13,14)(H,15,16)/t9-/m0/s1. The second kappa shape index (κ2) is 5.52. The minimum Gasteiger partial charge on any atom is -0.480 e. The summed E-state index contributed by atoms with van der Waals surface area (Å²) in [6.45, 7) is 5.53. The Kier molecular flexibility index (Phi) is 4.31. The van der Waals surface area contributed by atoms with Crippen molar-refractivity contribution in [3.8, 4) is 0 Å². The van der Waals surface area contributed by atoms with Gasteiger partial charge in [0.25, 0.3) is 5.91 Å². The Morgan fingerprint density at radius 1 is 1.41 bits per heavy atom. The molecule has 2 N–H and O–H groups in total. The second-order valence-electron chi connectivity index (χ2n) is 4.40. The summed E-state index contributed by atoms with van der Waals surface area (Å²) < 4.78 is 5.13. The predicted octanol–water partition coefficient (Wildman–Crippen LogP) is 1.82. The van der Waals surface area contributed by atoms with E-state index in [1.54, 1.807) is 13.0 Å². The van der Waals surface area contributed by atoms with E-state index in [1.165, 1.54) is 6.07 Å². The maximum atomic E-state index is 11.7. The van der Waals surface area contributed by atoms with Crippen molar-refractivity contribution in [3.63, 3.8) is 0 Å². The van der Waals surface area contributed by atoms with E-state index in [0.29, 0.717) is 12.2 Å². The first-order chi connectivity index (χ1) is 7.90. The lowest BCUT2D eigenvalue weighted by Crippen LogP contribution is -2.41. The van der Waals surface area contributed by atoms with Gasteiger partial charge in [-0.3, -0.25) is 4.79 Å². The molecule has 0 bridgehead atoms. The highest BCUT2D eigenvalue weighted by Gasteiger charge is 2.22. The van der Waals surface area contributed by atoms with E-state index >= 15 is 0 Å². The summed E-state index contributed by atoms with van der Waals surface area (Å²) in [6.07, 6.45) is 0.390. The first-order valence-corrected chi connectivity index (χ1v) is 5.50. The minimum atomic E-state index is -1.03. The second-order valence-corrected chi connectivity index (χ2v) is 4.40. The summed E-state index contributed by atoms with van der Waals surface area (Å²) in [4.78, 5) is 22.6. The van der Waals surface area contributed by atoms with Gasteiger partial charge in [-0.25, -0.2) is 4.79 Å². The number of hydrogen-bond acceptors (Lipinski definition) is 3. The molecular formula is C12H17NO4. The third-order valence-corrected chi connectivity index (χ3v) is 2.27. The summed E-state index contributed by atoms with van der Waals surface area (Å²) in [5.41, 5.74) is 0. The van der Waals surface area contributed by atoms with Gasteiger partial charge in [0.15, 0.2) is 5.76 Å². The van der Waals surface area contributed by atoms with Crippen LogP contribution in [0.4, 0.5) is 0 Å². The number of carboxylic acids is 1. The largest absolute Gasteiger partial charge is 0.480 e. The van der Waals surface area contributed by atoms with Gasteiger partial charge in [0, 0.05) is 0 Å². The molecule has 1 heterocycles. The molecule has 1 atom stereocenters. The van der Waals surface area contributed by atoms with Crippen LogP contribution in [0.15, 0.2) is 16.5 Å². The van der Waals surface area contributed by atoms with E-state index in [9.17, 15) is 9.59 Å². The van der Waals surface area contributed by atoms with Gasteiger partial charge in [-0.2, -0.15) is 0 Å². The molecule has 5 heteroatoms. The molecule has 0 fully saturated rings. The Bertz CT molecular complexity index is 408. The van der Waals surface area contributed by atoms with Gasteiger partial charge < -0.3 is 14.8 Å². The maximum Gasteiger partial charge on any atom is 0.326 e. The molecule has 1 aromatic heterocycles. The number of amides is 1. The average Bonchev–Trinajstić information content (AvgIpc) is 2.63. The van der Waals surface area contributed by atoms with Crippen LogP contribution in [-0.4, -0.2) is 23.0 Å². The van der Waals surface area contributed by atoms with Crippen molar-refractivity contribution in [2.75, 3.05) is 0 Å². The van der Waals surface area contributed by atoms with Gasteiger partial charge in [0.2, 0.25) is 0 Å². The molecule has 0 saturated heterocycles. The van der Waals surface area contributed by atoms with E-state index in [1.807, 2.05) is 13.8 Å². The van der Waals surface area contributed by atoms with Crippen LogP contribution >= 0.6 is 0 Å². The number of aryl methyl sites for hydroxylation is 1. The maximum absolute atomic E-state index is 11.7. The summed E-state index contributed by atoms with van der Waals surface area (Å²) in [5, 5.41) is 11.4. The predicted molar refractivity (Wildman–Crippen MR) is 61.8 cm³/mol. The zero-order valence-electron chi connectivity index (χ0n) is 10.2. The number of carbonyl (C=O) groups excluding carboxylic acids is 1. The highest BCUT2D eigenvalue weighted by Crippen LogP contribution is 2.09. The van der Waals surface area contributed by atoms with E-state index in [-0.39, 0.29) is 11.7 Å². The molecular weight excluding hydrogens is 222 g/mol. The van der Waals surface area contributed by atoms with Crippen LogP contribution in [0.2, 0.25) is 0 Å². The highest BCUT2D eigenvalue weighted by molar-refractivity contribution is 5.94. The van der Waals surface area contributed by atoms with Crippen LogP contribution in [0.5, 0.6) is 0 Å². The van der Waals surface area contributed by atoms with Crippen LogP contribution in [0.25, 0.3) is 0 Å². The molecule has 1 aromatic rings. The fraction of sp³-hybridized carbons (Fsp3) is 0.500. The SMILES string of the molecule is Cc1ccc(C(=O)N[C@@H](CC(C)C)C(=O)O)o1. The number of rotatable bonds is 5. The van der Waals surface area contributed by atoms with Gasteiger partial charge in [0.1, 0.15) is 11.8 Å². The number of carbonyl (C=O) groups is 2. The Morgan fingerprint density at radius 2 is 2.06 bits per heavy atom. The van der Waals surface area contributed by atoms with E-state index in [4.69, 9.17) is 9.52 Å². The number of hydrogen-bond donors (Lipinski definition) is 2. The topological polar surface area (TPSA) is 79.5 Å². The van der Waals surface area contributed by atoms with Gasteiger partial charge in [-0.1, -0.05) is 13.8 Å². The summed E-state index contributed by atoms with van der Waals surface area (Å²) >= 11 is 0. The zero-order chi connectivity index (χ0) is 13.0. The molecule has 0 saturated carbocycles. The third-order valence-electron chi connectivity index (χ3n) is 2.27. The highest BCUT2D eigenvalue weighted by atomic mass is 16.4. The molecule has 0 aromatic carbocycles. The molecule has 17 heavy (non-hydrogen) atoms. The van der Waals surface area contributed by atoms with E-state index in [2.05, 4.69) is 5.32 Å². The number of nitrogens with one attached hydrogen (secondary N) is 1. The summed E-state index contributed by atoms with van der Waals surface area (Å²) in [7, 11) is 0. The van der Waals surface area contributed by atoms with Crippen molar-refractivity contribution in [1.82, 2.24) is 5.32 Å². The van der Waals surface area contributed by atoms with Crippen LogP contribution in [-0.2, 0) is 4.79 Å². The summed E-state index contributed by atoms with van der Waals surface area (Å²) in [6, 6.07) is 2.31. The molecule has 0 unspecified atom stereocenters. The fourth-order valence-corrected chi connectivity index (χ4v) is 1.48. The lowest BCUT2D eigenvalue weighted by atomic mass is 10.0. The smallest absolute Gasteiger partial charge is 0.326 e. The molecule has 0 radical (unpaired) electrons. The average molecular weight is 239 g/mol. The zero-order valence-corrected chi connectivity index (χ0v) is 10.2. The Labute approximate surface area is 99.8 Å². The van der Waals surface area contributed by atoms with Crippen LogP contribution in [0, 0.1) is 12.8 Å². The Balaban J connectivity index is 2.67. The van der Waals surface area contributed by atoms with E-state index < -0.39 is 17.9 Å². The molecule has 94 valence electrons. The molecule has 5 nitrogen and oxygen atoms in total. The number of carboxylic acid groups (broad SMARTS) is 1. The van der Waals surface area contributed by atoms with Crippen molar-refractivity contribution in [3.05, 3.63) is 23.7 Å². The molecule has 0 aliphatic heterocycles. The van der Waals surface area contributed by atoms with Crippen LogP contribution in [0.1, 0.15) is 36.6 Å². The van der Waals surface area contributed by atoms with Crippen molar-refractivity contribution >= 4 is 11.9 Å². The number of furan rings is 1. The molecule has 1 amide bonds. The van der Waals surface area contributed by atoms with Gasteiger partial charge in [0.05, 0.1) is 0 Å².